The maximum atomic E-state index is 3.73. The molecule has 6 heteroatoms. The van der Waals surface area contributed by atoms with Gasteiger partial charge in [0, 0.05) is 59.8 Å². The molecule has 0 amide bonds. The van der Waals surface area contributed by atoms with Gasteiger partial charge in [-0.1, -0.05) is 133 Å². The minimum absolute atomic E-state index is 1.10. The van der Waals surface area contributed by atoms with Crippen LogP contribution in [0.2, 0.25) is 0 Å². The van der Waals surface area contributed by atoms with Gasteiger partial charge in [0.2, 0.25) is 0 Å². The van der Waals surface area contributed by atoms with E-state index in [0.717, 1.165) is 10.9 Å². The lowest BCUT2D eigenvalue weighted by Crippen LogP contribution is -1.93. The van der Waals surface area contributed by atoms with Crippen LogP contribution in [0.1, 0.15) is 11.1 Å². The molecule has 0 saturated heterocycles. The van der Waals surface area contributed by atoms with Gasteiger partial charge in [0.1, 0.15) is 0 Å². The predicted molar refractivity (Wildman–Crippen MR) is 251 cm³/mol. The number of hydrogen-bond acceptors (Lipinski definition) is 2. The molecule has 0 radical (unpaired) electrons. The van der Waals surface area contributed by atoms with E-state index in [1.807, 2.05) is 22.7 Å². The molecule has 8 aromatic carbocycles. The number of fused-ring (bicyclic) bond motifs is 12. The van der Waals surface area contributed by atoms with Crippen LogP contribution in [-0.2, 0) is 6.42 Å². The smallest absolute Gasteiger partial charge is 0.0640 e. The number of aromatic nitrogens is 1. The van der Waals surface area contributed by atoms with Crippen molar-refractivity contribution in [3.63, 3.8) is 0 Å². The Hall–Kier alpha value is -4.56. The second-order valence-electron chi connectivity index (χ2n) is 13.6. The highest BCUT2D eigenvalue weighted by Gasteiger charge is 2.18. The van der Waals surface area contributed by atoms with E-state index in [9.17, 15) is 0 Å². The van der Waals surface area contributed by atoms with E-state index in [2.05, 4.69) is 222 Å². The van der Waals surface area contributed by atoms with Gasteiger partial charge in [-0.25, -0.2) is 0 Å². The number of benzene rings is 8. The van der Waals surface area contributed by atoms with Crippen molar-refractivity contribution in [1.29, 1.82) is 0 Å². The monoisotopic (exact) mass is 933 g/mol. The second kappa shape index (κ2) is 14.5. The van der Waals surface area contributed by atoms with Crippen LogP contribution < -0.4 is 0 Å². The van der Waals surface area contributed by atoms with Gasteiger partial charge in [-0.2, -0.15) is 0 Å². The highest BCUT2D eigenvalue weighted by Crippen LogP contribution is 2.44. The summed E-state index contributed by atoms with van der Waals surface area (Å²) in [5.74, 6) is 0. The summed E-state index contributed by atoms with van der Waals surface area (Å²) < 4.78 is 11.2. The number of rotatable bonds is 1. The van der Waals surface area contributed by atoms with Crippen LogP contribution >= 0.6 is 70.5 Å². The number of hydrogen-bond donors (Lipinski definition) is 0. The zero-order chi connectivity index (χ0) is 37.0. The number of nitrogens with zero attached hydrogens (tertiary/aromatic N) is 1. The molecule has 0 aliphatic heterocycles. The Balaban J connectivity index is 0.000000112. The Labute approximate surface area is 351 Å². The van der Waals surface area contributed by atoms with Crippen molar-refractivity contribution in [2.45, 2.75) is 6.42 Å². The molecule has 0 saturated carbocycles. The summed E-state index contributed by atoms with van der Waals surface area (Å²) in [5, 5.41) is 7.87. The molecular formula is C49H30Br3NS2. The van der Waals surface area contributed by atoms with Gasteiger partial charge in [0.25, 0.3) is 0 Å². The first-order chi connectivity index (χ1) is 27.0. The standard InChI is InChI=1S/C24H14BrNS.C13H10.C12H6Br2S/c25-19-11-5-9-17-18-10-6-14-22(24(18)27-23(17)19)26-20-12-3-1-7-15(20)16-8-2-4-13-21(16)26;1-3-7-12-10(5-1)9-11-6-2-4-8-13(11)12;13-9-5-1-3-7-8-4-2-6-10(14)12(8)15-11(7)9/h1-14H;1-8H,9H2;1-6H. The van der Waals surface area contributed by atoms with Crippen LogP contribution in [0.5, 0.6) is 0 Å². The van der Waals surface area contributed by atoms with Gasteiger partial charge in [-0.05, 0) is 113 Å². The summed E-state index contributed by atoms with van der Waals surface area (Å²) in [7, 11) is 0. The maximum Gasteiger partial charge on any atom is 0.0640 e. The third-order valence-corrected chi connectivity index (χ3v) is 15.7. The minimum atomic E-state index is 1.10. The van der Waals surface area contributed by atoms with Crippen LogP contribution in [0, 0.1) is 0 Å². The molecule has 0 atom stereocenters. The van der Waals surface area contributed by atoms with Gasteiger partial charge >= 0.3 is 0 Å². The highest BCUT2D eigenvalue weighted by molar-refractivity contribution is 9.11. The molecule has 3 aromatic heterocycles. The number of para-hydroxylation sites is 2. The van der Waals surface area contributed by atoms with E-state index in [-0.39, 0.29) is 0 Å². The van der Waals surface area contributed by atoms with Crippen LogP contribution in [0.3, 0.4) is 0 Å². The molecular weight excluding hydrogens is 906 g/mol. The molecule has 11 aromatic rings. The van der Waals surface area contributed by atoms with E-state index in [1.54, 1.807) is 0 Å². The fourth-order valence-corrected chi connectivity index (χ4v) is 12.1. The van der Waals surface area contributed by atoms with E-state index in [0.29, 0.717) is 0 Å². The fourth-order valence-electron chi connectivity index (χ4n) is 7.96. The number of thiophene rings is 2. The third-order valence-electron chi connectivity index (χ3n) is 10.4. The molecule has 3 heterocycles. The lowest BCUT2D eigenvalue weighted by molar-refractivity contribution is 1.20. The molecule has 1 nitrogen and oxygen atoms in total. The van der Waals surface area contributed by atoms with Crippen LogP contribution in [0.25, 0.3) is 79.0 Å². The first-order valence-corrected chi connectivity index (χ1v) is 22.1. The molecule has 1 aliphatic rings. The molecule has 1 aliphatic carbocycles. The minimum Gasteiger partial charge on any atom is -0.308 e. The normalized spacial score (nSPS) is 11.8. The molecule has 0 N–H and O–H groups in total. The third kappa shape index (κ3) is 6.07. The molecule has 0 spiro atoms. The first kappa shape index (κ1) is 34.9. The van der Waals surface area contributed by atoms with Crippen molar-refractivity contribution < 1.29 is 0 Å². The van der Waals surface area contributed by atoms with E-state index in [4.69, 9.17) is 0 Å². The van der Waals surface area contributed by atoms with Crippen molar-refractivity contribution in [1.82, 2.24) is 4.57 Å². The van der Waals surface area contributed by atoms with Gasteiger partial charge in [0.15, 0.2) is 0 Å². The van der Waals surface area contributed by atoms with Crippen LogP contribution in [0.4, 0.5) is 0 Å². The maximum absolute atomic E-state index is 3.73. The van der Waals surface area contributed by atoms with Gasteiger partial charge < -0.3 is 4.57 Å². The molecule has 55 heavy (non-hydrogen) atoms. The Bertz CT molecular complexity index is 3090. The lowest BCUT2D eigenvalue weighted by Gasteiger charge is -2.09. The SMILES string of the molecule is Brc1cccc2c1sc1c(-n3c4ccccc4c4ccccc43)cccc12.Brc1cccc2c1sc1c(Br)cccc12.c1ccc2c(c1)Cc1ccccc1-2. The summed E-state index contributed by atoms with van der Waals surface area (Å²) in [4.78, 5) is 0. The first-order valence-electron chi connectivity index (χ1n) is 18.0. The summed E-state index contributed by atoms with van der Waals surface area (Å²) in [5.41, 5.74) is 9.51. The lowest BCUT2D eigenvalue weighted by atomic mass is 10.1. The Kier molecular flexibility index (Phi) is 9.20. The Morgan fingerprint density at radius 2 is 0.709 bits per heavy atom. The van der Waals surface area contributed by atoms with Crippen molar-refractivity contribution in [3.8, 4) is 16.8 Å². The highest BCUT2D eigenvalue weighted by atomic mass is 79.9. The zero-order valence-electron chi connectivity index (χ0n) is 29.3. The average Bonchev–Trinajstić information content (AvgIpc) is 3.99. The van der Waals surface area contributed by atoms with Crippen molar-refractivity contribution in [2.75, 3.05) is 0 Å². The zero-order valence-corrected chi connectivity index (χ0v) is 35.7. The summed E-state index contributed by atoms with van der Waals surface area (Å²) in [6, 6.07) is 60.5. The van der Waals surface area contributed by atoms with E-state index in [1.165, 1.54) is 99.0 Å². The van der Waals surface area contributed by atoms with Gasteiger partial charge in [-0.15, -0.1) is 22.7 Å². The molecule has 12 rings (SSSR count). The van der Waals surface area contributed by atoms with Crippen LogP contribution in [0.15, 0.2) is 183 Å². The Morgan fingerprint density at radius 3 is 1.20 bits per heavy atom. The van der Waals surface area contributed by atoms with E-state index < -0.39 is 0 Å². The second-order valence-corrected chi connectivity index (χ2v) is 18.2. The fraction of sp³-hybridized carbons (Fsp3) is 0.0204. The summed E-state index contributed by atoms with van der Waals surface area (Å²) >= 11 is 14.6. The number of halogens is 3. The average molecular weight is 937 g/mol. The van der Waals surface area contributed by atoms with Crippen molar-refractivity contribution >= 4 is 133 Å². The largest absolute Gasteiger partial charge is 0.308 e. The Morgan fingerprint density at radius 1 is 0.345 bits per heavy atom. The summed E-state index contributed by atoms with van der Waals surface area (Å²) in [6.07, 6.45) is 1.10. The summed E-state index contributed by atoms with van der Waals surface area (Å²) in [6.45, 7) is 0. The molecule has 264 valence electrons. The van der Waals surface area contributed by atoms with Crippen LogP contribution in [-0.4, -0.2) is 4.57 Å². The van der Waals surface area contributed by atoms with Crippen molar-refractivity contribution in [2.24, 2.45) is 0 Å². The van der Waals surface area contributed by atoms with E-state index >= 15 is 0 Å². The van der Waals surface area contributed by atoms with Gasteiger partial charge in [0.05, 0.1) is 21.4 Å². The molecule has 0 bridgehead atoms. The topological polar surface area (TPSA) is 4.93 Å². The van der Waals surface area contributed by atoms with Gasteiger partial charge in [-0.3, -0.25) is 0 Å². The quantitative estimate of drug-likeness (QED) is 0.155. The molecule has 0 unspecified atom stereocenters. The van der Waals surface area contributed by atoms with Crippen molar-refractivity contribution in [3.05, 3.63) is 194 Å². The predicted octanol–water partition coefficient (Wildman–Crippen LogP) is 16.8. The molecule has 0 fully saturated rings.